The number of methoxy groups -OCH3 is 1. The highest BCUT2D eigenvalue weighted by atomic mass is 16.5. The lowest BCUT2D eigenvalue weighted by molar-refractivity contribution is 0.101. The third kappa shape index (κ3) is 3.96. The Morgan fingerprint density at radius 3 is 2.65 bits per heavy atom. The zero-order chi connectivity index (χ0) is 24.0. The minimum Gasteiger partial charge on any atom is -0.507 e. The van der Waals surface area contributed by atoms with Gasteiger partial charge in [0, 0.05) is 48.8 Å². The Labute approximate surface area is 200 Å². The van der Waals surface area contributed by atoms with Crippen molar-refractivity contribution < 1.29 is 19.4 Å². The molecule has 178 valence electrons. The van der Waals surface area contributed by atoms with Crippen LogP contribution < -0.4 is 9.47 Å². The summed E-state index contributed by atoms with van der Waals surface area (Å²) in [6.07, 6.45) is 5.06. The molecule has 6 heteroatoms. The van der Waals surface area contributed by atoms with Gasteiger partial charge in [-0.15, -0.1) is 0 Å². The van der Waals surface area contributed by atoms with E-state index in [-0.39, 0.29) is 17.3 Å². The average molecular weight is 461 g/mol. The maximum absolute atomic E-state index is 13.3. The third-order valence-electron chi connectivity index (χ3n) is 6.99. The Bertz CT molecular complexity index is 1280. The Morgan fingerprint density at radius 1 is 1.18 bits per heavy atom. The van der Waals surface area contributed by atoms with Crippen LogP contribution in [0.5, 0.6) is 17.2 Å². The lowest BCUT2D eigenvalue weighted by Crippen LogP contribution is -2.38. The maximum Gasteiger partial charge on any atom is 0.231 e. The molecule has 1 fully saturated rings. The number of allylic oxidation sites excluding steroid dienone is 1. The van der Waals surface area contributed by atoms with E-state index in [0.29, 0.717) is 35.3 Å². The summed E-state index contributed by atoms with van der Waals surface area (Å²) < 4.78 is 13.7. The number of Topliss-reactive ketones (excluding diaryl/α,β-unsaturated/α-hetero) is 1. The van der Waals surface area contributed by atoms with Gasteiger partial charge < -0.3 is 19.1 Å². The second-order valence-electron chi connectivity index (χ2n) is 9.77. The van der Waals surface area contributed by atoms with Gasteiger partial charge in [0.2, 0.25) is 5.78 Å². The third-order valence-corrected chi connectivity index (χ3v) is 6.99. The zero-order valence-corrected chi connectivity index (χ0v) is 20.3. The molecule has 6 nitrogen and oxygen atoms in total. The van der Waals surface area contributed by atoms with E-state index in [9.17, 15) is 9.90 Å². The smallest absolute Gasteiger partial charge is 0.231 e. The Morgan fingerprint density at radius 2 is 1.94 bits per heavy atom. The number of piperidine rings is 1. The molecular formula is C28H32N2O4. The van der Waals surface area contributed by atoms with Crippen molar-refractivity contribution >= 4 is 22.8 Å². The normalized spacial score (nSPS) is 21.8. The number of ether oxygens (including phenoxy) is 2. The van der Waals surface area contributed by atoms with E-state index >= 15 is 0 Å². The number of aromatic hydroxyl groups is 1. The zero-order valence-electron chi connectivity index (χ0n) is 20.3. The van der Waals surface area contributed by atoms with Crippen molar-refractivity contribution in [2.75, 3.05) is 20.2 Å². The van der Waals surface area contributed by atoms with Crippen LogP contribution in [-0.4, -0.2) is 40.6 Å². The first-order valence-electron chi connectivity index (χ1n) is 12.1. The van der Waals surface area contributed by atoms with Gasteiger partial charge in [0.1, 0.15) is 17.2 Å². The van der Waals surface area contributed by atoms with Crippen molar-refractivity contribution in [3.63, 3.8) is 0 Å². The minimum atomic E-state index is -0.156. The van der Waals surface area contributed by atoms with Gasteiger partial charge in [0.15, 0.2) is 5.76 Å². The van der Waals surface area contributed by atoms with E-state index in [0.717, 1.165) is 41.9 Å². The number of fused-ring (bicyclic) bond motifs is 2. The fourth-order valence-electron chi connectivity index (χ4n) is 5.54. The second-order valence-corrected chi connectivity index (χ2v) is 9.77. The molecule has 0 aliphatic carbocycles. The van der Waals surface area contributed by atoms with Crippen molar-refractivity contribution in [3.05, 3.63) is 59.0 Å². The van der Waals surface area contributed by atoms with Gasteiger partial charge in [-0.2, -0.15) is 0 Å². The molecule has 0 saturated carbocycles. The molecule has 1 N–H and O–H groups in total. The predicted molar refractivity (Wildman–Crippen MR) is 133 cm³/mol. The number of aryl methyl sites for hydroxylation is 1. The van der Waals surface area contributed by atoms with Crippen molar-refractivity contribution in [3.8, 4) is 17.2 Å². The van der Waals surface area contributed by atoms with Crippen LogP contribution in [0.2, 0.25) is 0 Å². The first-order chi connectivity index (χ1) is 16.4. The summed E-state index contributed by atoms with van der Waals surface area (Å²) >= 11 is 0. The van der Waals surface area contributed by atoms with Gasteiger partial charge in [-0.05, 0) is 61.6 Å². The number of carbonyl (C=O) groups is 1. The van der Waals surface area contributed by atoms with Crippen LogP contribution in [0.3, 0.4) is 0 Å². The van der Waals surface area contributed by atoms with Gasteiger partial charge in [-0.3, -0.25) is 9.69 Å². The standard InChI is InChI=1S/C28H32N2O4/c1-5-30-15-19(22-12-20(33-4)6-8-24(22)30)11-26-27(32)21-7-9-25(31)23(28(21)34-26)16-29-13-17(2)10-18(3)14-29/h6-9,11-12,15,17-18,31H,5,10,13-14,16H2,1-4H3/b26-11+/t17-,18+. The molecule has 2 aliphatic heterocycles. The molecule has 3 aromatic rings. The molecule has 34 heavy (non-hydrogen) atoms. The molecule has 3 heterocycles. The Hall–Kier alpha value is -3.25. The fourth-order valence-corrected chi connectivity index (χ4v) is 5.54. The van der Waals surface area contributed by atoms with E-state index in [4.69, 9.17) is 9.47 Å². The highest BCUT2D eigenvalue weighted by Gasteiger charge is 2.33. The maximum atomic E-state index is 13.3. The number of carbonyl (C=O) groups excluding carboxylic acids is 1. The van der Waals surface area contributed by atoms with Gasteiger partial charge in [0.25, 0.3) is 0 Å². The Balaban J connectivity index is 1.51. The van der Waals surface area contributed by atoms with E-state index < -0.39 is 0 Å². The van der Waals surface area contributed by atoms with Crippen LogP contribution in [0.4, 0.5) is 0 Å². The number of hydrogen-bond acceptors (Lipinski definition) is 5. The molecule has 2 aliphatic rings. The summed E-state index contributed by atoms with van der Waals surface area (Å²) in [5.74, 6) is 2.75. The molecule has 2 atom stereocenters. The van der Waals surface area contributed by atoms with Crippen LogP contribution in [0.15, 0.2) is 42.3 Å². The van der Waals surface area contributed by atoms with Crippen molar-refractivity contribution in [2.24, 2.45) is 11.8 Å². The lowest BCUT2D eigenvalue weighted by atomic mass is 9.91. The van der Waals surface area contributed by atoms with Gasteiger partial charge in [-0.25, -0.2) is 0 Å². The van der Waals surface area contributed by atoms with E-state index in [1.165, 1.54) is 6.42 Å². The van der Waals surface area contributed by atoms with Crippen molar-refractivity contribution in [1.29, 1.82) is 0 Å². The summed E-state index contributed by atoms with van der Waals surface area (Å²) in [5.41, 5.74) is 3.17. The quantitative estimate of drug-likeness (QED) is 0.512. The molecule has 0 unspecified atom stereocenters. The number of likely N-dealkylation sites (tertiary alicyclic amines) is 1. The van der Waals surface area contributed by atoms with E-state index in [1.807, 2.05) is 30.5 Å². The predicted octanol–water partition coefficient (Wildman–Crippen LogP) is 5.47. The first kappa shape index (κ1) is 22.5. The number of phenols is 1. The van der Waals surface area contributed by atoms with E-state index in [2.05, 4.69) is 30.2 Å². The molecule has 2 aromatic carbocycles. The molecule has 0 spiro atoms. The number of aromatic nitrogens is 1. The van der Waals surface area contributed by atoms with Crippen LogP contribution in [0, 0.1) is 11.8 Å². The molecule has 0 bridgehead atoms. The number of phenolic OH excluding ortho intramolecular Hbond substituents is 1. The number of ketones is 1. The van der Waals surface area contributed by atoms with Crippen LogP contribution in [0.25, 0.3) is 17.0 Å². The van der Waals surface area contributed by atoms with Crippen molar-refractivity contribution in [2.45, 2.75) is 40.3 Å². The van der Waals surface area contributed by atoms with Gasteiger partial charge in [-0.1, -0.05) is 13.8 Å². The molecule has 1 saturated heterocycles. The summed E-state index contributed by atoms with van der Waals surface area (Å²) in [7, 11) is 1.65. The van der Waals surface area contributed by atoms with Crippen LogP contribution in [-0.2, 0) is 13.1 Å². The summed E-state index contributed by atoms with van der Waals surface area (Å²) in [6.45, 7) is 9.94. The monoisotopic (exact) mass is 460 g/mol. The highest BCUT2D eigenvalue weighted by molar-refractivity contribution is 6.15. The Kier molecular flexibility index (Phi) is 5.86. The highest BCUT2D eigenvalue weighted by Crippen LogP contribution is 2.41. The van der Waals surface area contributed by atoms with Gasteiger partial charge in [0.05, 0.1) is 18.2 Å². The molecule has 1 aromatic heterocycles. The lowest BCUT2D eigenvalue weighted by Gasteiger charge is -2.35. The van der Waals surface area contributed by atoms with Crippen LogP contribution >= 0.6 is 0 Å². The molecule has 0 radical (unpaired) electrons. The van der Waals surface area contributed by atoms with Crippen molar-refractivity contribution in [1.82, 2.24) is 9.47 Å². The topological polar surface area (TPSA) is 63.9 Å². The summed E-state index contributed by atoms with van der Waals surface area (Å²) in [5, 5.41) is 11.7. The first-order valence-corrected chi connectivity index (χ1v) is 12.1. The SMILES string of the molecule is CCn1cc(/C=C2/Oc3c(ccc(O)c3CN3C[C@H](C)C[C@H](C)C3)C2=O)c2cc(OC)ccc21. The minimum absolute atomic E-state index is 0.156. The average Bonchev–Trinajstić information content (AvgIpc) is 3.32. The molecule has 0 amide bonds. The second kappa shape index (κ2) is 8.84. The largest absolute Gasteiger partial charge is 0.507 e. The van der Waals surface area contributed by atoms with Gasteiger partial charge >= 0.3 is 0 Å². The summed E-state index contributed by atoms with van der Waals surface area (Å²) in [6, 6.07) is 9.23. The number of benzene rings is 2. The number of nitrogens with zero attached hydrogens (tertiary/aromatic N) is 2. The fraction of sp³-hybridized carbons (Fsp3) is 0.393. The van der Waals surface area contributed by atoms with E-state index in [1.54, 1.807) is 19.2 Å². The summed E-state index contributed by atoms with van der Waals surface area (Å²) in [4.78, 5) is 15.6. The van der Waals surface area contributed by atoms with Crippen LogP contribution in [0.1, 0.15) is 48.7 Å². The number of hydrogen-bond donors (Lipinski definition) is 1. The molecular weight excluding hydrogens is 428 g/mol. The number of rotatable bonds is 5. The molecule has 5 rings (SSSR count).